The monoisotopic (exact) mass is 232 g/mol. The number of nitrogens with zero attached hydrogens (tertiary/aromatic N) is 5. The number of H-pyrrole nitrogens is 1. The van der Waals surface area contributed by atoms with Crippen LogP contribution in [0.15, 0.2) is 12.7 Å². The van der Waals surface area contributed by atoms with Crippen LogP contribution in [-0.2, 0) is 0 Å². The highest BCUT2D eigenvalue weighted by Gasteiger charge is 2.22. The first kappa shape index (κ1) is 10.4. The van der Waals surface area contributed by atoms with Gasteiger partial charge in [0.1, 0.15) is 24.5 Å². The molecular formula is C11H16N6. The fourth-order valence-corrected chi connectivity index (χ4v) is 2.39. The van der Waals surface area contributed by atoms with E-state index in [1.807, 2.05) is 6.92 Å². The molecule has 0 aromatic carbocycles. The van der Waals surface area contributed by atoms with E-state index < -0.39 is 0 Å². The van der Waals surface area contributed by atoms with Crippen molar-refractivity contribution in [1.82, 2.24) is 29.9 Å². The van der Waals surface area contributed by atoms with Crippen LogP contribution in [0, 0.1) is 0 Å². The van der Waals surface area contributed by atoms with Gasteiger partial charge in [0.15, 0.2) is 5.82 Å². The van der Waals surface area contributed by atoms with E-state index in [9.17, 15) is 0 Å². The van der Waals surface area contributed by atoms with E-state index in [4.69, 9.17) is 0 Å². The molecule has 0 bridgehead atoms. The molecule has 0 amide bonds. The summed E-state index contributed by atoms with van der Waals surface area (Å²) in [5.41, 5.74) is 0. The van der Waals surface area contributed by atoms with Gasteiger partial charge < -0.3 is 0 Å². The summed E-state index contributed by atoms with van der Waals surface area (Å²) in [5.74, 6) is 2.39. The molecule has 3 rings (SSSR count). The molecule has 90 valence electrons. The maximum Gasteiger partial charge on any atom is 0.174 e. The molecule has 2 heterocycles. The second-order valence-corrected chi connectivity index (χ2v) is 4.61. The van der Waals surface area contributed by atoms with E-state index in [1.54, 1.807) is 11.0 Å². The average molecular weight is 232 g/mol. The van der Waals surface area contributed by atoms with Crippen LogP contribution in [-0.4, -0.2) is 29.9 Å². The van der Waals surface area contributed by atoms with Crippen LogP contribution in [0.1, 0.15) is 56.2 Å². The van der Waals surface area contributed by atoms with Crippen molar-refractivity contribution in [2.45, 2.75) is 44.6 Å². The third kappa shape index (κ3) is 1.94. The van der Waals surface area contributed by atoms with Gasteiger partial charge in [-0.3, -0.25) is 5.10 Å². The molecule has 1 N–H and O–H groups in total. The lowest BCUT2D eigenvalue weighted by molar-refractivity contribution is 0.535. The number of aromatic nitrogens is 6. The van der Waals surface area contributed by atoms with Crippen LogP contribution in [0.3, 0.4) is 0 Å². The van der Waals surface area contributed by atoms with Crippen molar-refractivity contribution in [3.05, 3.63) is 24.3 Å². The van der Waals surface area contributed by atoms with E-state index in [0.717, 1.165) is 11.6 Å². The molecule has 1 unspecified atom stereocenters. The Hall–Kier alpha value is -1.72. The highest BCUT2D eigenvalue weighted by molar-refractivity contribution is 5.02. The summed E-state index contributed by atoms with van der Waals surface area (Å²) in [4.78, 5) is 8.53. The minimum absolute atomic E-state index is 0.0314. The molecule has 2 aromatic heterocycles. The van der Waals surface area contributed by atoms with E-state index >= 15 is 0 Å². The predicted molar refractivity (Wildman–Crippen MR) is 61.4 cm³/mol. The first-order chi connectivity index (χ1) is 8.34. The SMILES string of the molecule is CC(c1n[nH]c(C2CCCC2)n1)n1cncn1. The Kier molecular flexibility index (Phi) is 2.62. The summed E-state index contributed by atoms with van der Waals surface area (Å²) in [7, 11) is 0. The number of nitrogens with one attached hydrogen (secondary N) is 1. The highest BCUT2D eigenvalue weighted by atomic mass is 15.4. The van der Waals surface area contributed by atoms with Crippen LogP contribution >= 0.6 is 0 Å². The van der Waals surface area contributed by atoms with Crippen LogP contribution in [0.25, 0.3) is 0 Å². The number of hydrogen-bond acceptors (Lipinski definition) is 4. The van der Waals surface area contributed by atoms with Crippen LogP contribution < -0.4 is 0 Å². The van der Waals surface area contributed by atoms with E-state index in [-0.39, 0.29) is 6.04 Å². The van der Waals surface area contributed by atoms with Crippen molar-refractivity contribution in [1.29, 1.82) is 0 Å². The van der Waals surface area contributed by atoms with E-state index in [1.165, 1.54) is 32.0 Å². The van der Waals surface area contributed by atoms with Crippen molar-refractivity contribution >= 4 is 0 Å². The minimum Gasteiger partial charge on any atom is -0.263 e. The largest absolute Gasteiger partial charge is 0.263 e. The molecule has 0 aliphatic heterocycles. The lowest BCUT2D eigenvalue weighted by Crippen LogP contribution is -2.09. The Morgan fingerprint density at radius 3 is 2.94 bits per heavy atom. The summed E-state index contributed by atoms with van der Waals surface area (Å²) in [5, 5.41) is 11.5. The van der Waals surface area contributed by atoms with Crippen molar-refractivity contribution in [2.75, 3.05) is 0 Å². The van der Waals surface area contributed by atoms with Crippen molar-refractivity contribution in [3.8, 4) is 0 Å². The Labute approximate surface area is 99.5 Å². The predicted octanol–water partition coefficient (Wildman–Crippen LogP) is 1.66. The van der Waals surface area contributed by atoms with Gasteiger partial charge in [-0.25, -0.2) is 14.6 Å². The van der Waals surface area contributed by atoms with Gasteiger partial charge >= 0.3 is 0 Å². The van der Waals surface area contributed by atoms with Crippen molar-refractivity contribution in [3.63, 3.8) is 0 Å². The first-order valence-corrected chi connectivity index (χ1v) is 6.11. The third-order valence-electron chi connectivity index (χ3n) is 3.47. The number of aromatic amines is 1. The summed E-state index contributed by atoms with van der Waals surface area (Å²) < 4.78 is 1.77. The molecule has 0 spiro atoms. The van der Waals surface area contributed by atoms with Crippen molar-refractivity contribution in [2.24, 2.45) is 0 Å². The highest BCUT2D eigenvalue weighted by Crippen LogP contribution is 2.32. The van der Waals surface area contributed by atoms with Crippen LogP contribution in [0.4, 0.5) is 0 Å². The lowest BCUT2D eigenvalue weighted by atomic mass is 10.1. The van der Waals surface area contributed by atoms with Gasteiger partial charge in [-0.1, -0.05) is 12.8 Å². The quantitative estimate of drug-likeness (QED) is 0.873. The van der Waals surface area contributed by atoms with Gasteiger partial charge in [0.2, 0.25) is 0 Å². The molecule has 0 radical (unpaired) electrons. The zero-order valence-electron chi connectivity index (χ0n) is 9.87. The normalized spacial score (nSPS) is 18.6. The third-order valence-corrected chi connectivity index (χ3v) is 3.47. The topological polar surface area (TPSA) is 72.3 Å². The van der Waals surface area contributed by atoms with Gasteiger partial charge in [-0.15, -0.1) is 0 Å². The molecule has 1 aliphatic carbocycles. The fourth-order valence-electron chi connectivity index (χ4n) is 2.39. The Morgan fingerprint density at radius 1 is 1.41 bits per heavy atom. The van der Waals surface area contributed by atoms with Gasteiger partial charge in [0, 0.05) is 5.92 Å². The maximum absolute atomic E-state index is 4.59. The molecule has 6 heteroatoms. The second-order valence-electron chi connectivity index (χ2n) is 4.61. The van der Waals surface area contributed by atoms with E-state index in [2.05, 4.69) is 25.3 Å². The number of hydrogen-bond donors (Lipinski definition) is 1. The maximum atomic E-state index is 4.59. The van der Waals surface area contributed by atoms with Crippen molar-refractivity contribution < 1.29 is 0 Å². The molecule has 2 aromatic rings. The van der Waals surface area contributed by atoms with Gasteiger partial charge in [0.25, 0.3) is 0 Å². The fraction of sp³-hybridized carbons (Fsp3) is 0.636. The smallest absolute Gasteiger partial charge is 0.174 e. The zero-order chi connectivity index (χ0) is 11.7. The zero-order valence-corrected chi connectivity index (χ0v) is 9.87. The minimum atomic E-state index is 0.0314. The van der Waals surface area contributed by atoms with Crippen LogP contribution in [0.2, 0.25) is 0 Å². The Bertz CT molecular complexity index is 468. The van der Waals surface area contributed by atoms with Crippen LogP contribution in [0.5, 0.6) is 0 Å². The van der Waals surface area contributed by atoms with Gasteiger partial charge in [0.05, 0.1) is 0 Å². The molecule has 1 fully saturated rings. The van der Waals surface area contributed by atoms with Gasteiger partial charge in [-0.2, -0.15) is 10.2 Å². The Morgan fingerprint density at radius 2 is 2.24 bits per heavy atom. The molecule has 1 aliphatic rings. The lowest BCUT2D eigenvalue weighted by Gasteiger charge is -2.06. The molecule has 0 saturated heterocycles. The molecular weight excluding hydrogens is 216 g/mol. The van der Waals surface area contributed by atoms with E-state index in [0.29, 0.717) is 5.92 Å². The summed E-state index contributed by atoms with van der Waals surface area (Å²) in [6.45, 7) is 2.02. The van der Waals surface area contributed by atoms with Gasteiger partial charge in [-0.05, 0) is 19.8 Å². The average Bonchev–Trinajstić information content (AvgIpc) is 3.09. The summed E-state index contributed by atoms with van der Waals surface area (Å²) >= 11 is 0. The summed E-state index contributed by atoms with van der Waals surface area (Å²) in [6.07, 6.45) is 8.29. The standard InChI is InChI=1S/C11H16N6/c1-8(17-7-12-6-13-17)10-14-11(16-15-10)9-4-2-3-5-9/h6-9H,2-5H2,1H3,(H,14,15,16). The Balaban J connectivity index is 1.80. The molecule has 1 atom stereocenters. The first-order valence-electron chi connectivity index (χ1n) is 6.11. The summed E-state index contributed by atoms with van der Waals surface area (Å²) in [6, 6.07) is 0.0314. The molecule has 6 nitrogen and oxygen atoms in total. The molecule has 17 heavy (non-hydrogen) atoms. The second kappa shape index (κ2) is 4.27. The number of rotatable bonds is 3. The molecule has 1 saturated carbocycles.